The third-order valence-corrected chi connectivity index (χ3v) is 6.48. The van der Waals surface area contributed by atoms with E-state index in [2.05, 4.69) is 10.6 Å². The second kappa shape index (κ2) is 13.7. The van der Waals surface area contributed by atoms with Crippen LogP contribution in [0.25, 0.3) is 0 Å². The summed E-state index contributed by atoms with van der Waals surface area (Å²) in [6, 6.07) is 2.35. The van der Waals surface area contributed by atoms with Crippen LogP contribution in [0.1, 0.15) is 64.7 Å². The molecule has 0 spiro atoms. The van der Waals surface area contributed by atoms with Crippen LogP contribution in [0.5, 0.6) is 5.75 Å². The van der Waals surface area contributed by atoms with Gasteiger partial charge in [-0.25, -0.2) is 9.59 Å². The quantitative estimate of drug-likeness (QED) is 0.143. The minimum absolute atomic E-state index is 0.0531. The first kappa shape index (κ1) is 31.3. The molecule has 1 aliphatic rings. The first-order valence-corrected chi connectivity index (χ1v) is 12.8. The molecule has 39 heavy (non-hydrogen) atoms. The number of nitrogens with one attached hydrogen (secondary N) is 2. The van der Waals surface area contributed by atoms with Crippen LogP contribution in [0.3, 0.4) is 0 Å². The topological polar surface area (TPSA) is 174 Å². The number of anilines is 1. The fourth-order valence-electron chi connectivity index (χ4n) is 3.91. The van der Waals surface area contributed by atoms with Crippen molar-refractivity contribution in [2.45, 2.75) is 78.7 Å². The number of ether oxygens (including phenoxy) is 3. The van der Waals surface area contributed by atoms with Crippen LogP contribution < -0.4 is 10.6 Å². The van der Waals surface area contributed by atoms with Gasteiger partial charge in [0.25, 0.3) is 5.91 Å². The molecule has 214 valence electrons. The lowest BCUT2D eigenvalue weighted by Gasteiger charge is -2.31. The van der Waals surface area contributed by atoms with Crippen LogP contribution in [0, 0.1) is 17.8 Å². The molecule has 1 aromatic rings. The lowest BCUT2D eigenvalue weighted by Crippen LogP contribution is -2.53. The van der Waals surface area contributed by atoms with Gasteiger partial charge in [-0.2, -0.15) is 0 Å². The van der Waals surface area contributed by atoms with Crippen LogP contribution in [0.15, 0.2) is 18.2 Å². The third kappa shape index (κ3) is 7.78. The number of rotatable bonds is 8. The summed E-state index contributed by atoms with van der Waals surface area (Å²) in [7, 11) is 0. The number of hydrogen-bond donors (Lipinski definition) is 3. The third-order valence-electron chi connectivity index (χ3n) is 6.48. The highest BCUT2D eigenvalue weighted by atomic mass is 16.6. The van der Waals surface area contributed by atoms with Crippen molar-refractivity contribution in [2.75, 3.05) is 5.32 Å². The Morgan fingerprint density at radius 2 is 1.69 bits per heavy atom. The highest BCUT2D eigenvalue weighted by molar-refractivity contribution is 6.03. The van der Waals surface area contributed by atoms with Gasteiger partial charge in [0.15, 0.2) is 23.7 Å². The molecule has 0 aliphatic carbocycles. The predicted octanol–water partition coefficient (Wildman–Crippen LogP) is 2.13. The Hall–Kier alpha value is -3.96. The van der Waals surface area contributed by atoms with Crippen LogP contribution >= 0.6 is 0 Å². The van der Waals surface area contributed by atoms with Crippen LogP contribution in [0.4, 0.5) is 5.69 Å². The van der Waals surface area contributed by atoms with E-state index in [0.717, 1.165) is 0 Å². The number of hydrogen-bond acceptors (Lipinski definition) is 10. The Morgan fingerprint density at radius 1 is 1.03 bits per heavy atom. The van der Waals surface area contributed by atoms with Crippen molar-refractivity contribution in [3.05, 3.63) is 23.8 Å². The van der Waals surface area contributed by atoms with Gasteiger partial charge in [-0.15, -0.1) is 0 Å². The van der Waals surface area contributed by atoms with Gasteiger partial charge in [0.2, 0.25) is 12.5 Å². The minimum Gasteiger partial charge on any atom is -0.505 e. The smallest absolute Gasteiger partial charge is 0.348 e. The molecule has 1 heterocycles. The minimum atomic E-state index is -1.63. The van der Waals surface area contributed by atoms with Crippen molar-refractivity contribution in [1.29, 1.82) is 0 Å². The zero-order valence-electron chi connectivity index (χ0n) is 22.9. The van der Waals surface area contributed by atoms with E-state index in [0.29, 0.717) is 12.8 Å². The monoisotopic (exact) mass is 548 g/mol. The number of carbonyl (C=O) groups is 6. The molecular weight excluding hydrogens is 512 g/mol. The SMILES string of the molecule is CC[C@@H](C)[C@@H]1OC(=O)[C@H](NC(=O)c2cccc(NC=O)c2O)[C@@H](C)OC(=O)[C@H](C)C(=O)[C@@H](CC(C)C)OC1=O. The van der Waals surface area contributed by atoms with E-state index >= 15 is 0 Å². The van der Waals surface area contributed by atoms with E-state index in [4.69, 9.17) is 14.2 Å². The fourth-order valence-corrected chi connectivity index (χ4v) is 3.91. The average Bonchev–Trinajstić information content (AvgIpc) is 2.88. The molecule has 1 saturated heterocycles. The van der Waals surface area contributed by atoms with E-state index in [1.54, 1.807) is 13.8 Å². The summed E-state index contributed by atoms with van der Waals surface area (Å²) in [6.07, 6.45) is -3.11. The number of Topliss-reactive ketones (excluding diaryl/α,β-unsaturated/α-hetero) is 1. The number of esters is 3. The number of phenols is 1. The maximum atomic E-state index is 13.3. The Morgan fingerprint density at radius 3 is 2.28 bits per heavy atom. The highest BCUT2D eigenvalue weighted by Gasteiger charge is 2.42. The number of cyclic esters (lactones) is 3. The van der Waals surface area contributed by atoms with Crippen molar-refractivity contribution < 1.29 is 48.1 Å². The van der Waals surface area contributed by atoms with Gasteiger partial charge >= 0.3 is 17.9 Å². The lowest BCUT2D eigenvalue weighted by atomic mass is 9.94. The molecule has 0 bridgehead atoms. The van der Waals surface area contributed by atoms with E-state index in [1.165, 1.54) is 32.0 Å². The molecule has 3 N–H and O–H groups in total. The number of aromatic hydroxyl groups is 1. The summed E-state index contributed by atoms with van der Waals surface area (Å²) in [6.45, 7) is 9.71. The summed E-state index contributed by atoms with van der Waals surface area (Å²) in [5.74, 6) is -7.09. The van der Waals surface area contributed by atoms with Gasteiger partial charge in [0, 0.05) is 5.92 Å². The van der Waals surface area contributed by atoms with Crippen LogP contribution in [-0.4, -0.2) is 65.5 Å². The maximum absolute atomic E-state index is 13.3. The lowest BCUT2D eigenvalue weighted by molar-refractivity contribution is -0.183. The van der Waals surface area contributed by atoms with Gasteiger partial charge < -0.3 is 30.0 Å². The van der Waals surface area contributed by atoms with Crippen LogP contribution in [0.2, 0.25) is 0 Å². The molecule has 1 aliphatic heterocycles. The molecule has 12 nitrogen and oxygen atoms in total. The number of phenolic OH excluding ortho intramolecular Hbond substituents is 1. The Balaban J connectivity index is 2.48. The maximum Gasteiger partial charge on any atom is 0.348 e. The number of carbonyl (C=O) groups excluding carboxylic acids is 6. The molecule has 0 radical (unpaired) electrons. The van der Waals surface area contributed by atoms with Crippen molar-refractivity contribution in [2.24, 2.45) is 17.8 Å². The van der Waals surface area contributed by atoms with Gasteiger partial charge in [-0.1, -0.05) is 33.8 Å². The van der Waals surface area contributed by atoms with E-state index in [9.17, 15) is 33.9 Å². The molecule has 1 aromatic carbocycles. The van der Waals surface area contributed by atoms with Crippen molar-refractivity contribution in [1.82, 2.24) is 5.32 Å². The largest absolute Gasteiger partial charge is 0.505 e. The Labute approximate surface area is 226 Å². The average molecular weight is 549 g/mol. The number of para-hydroxylation sites is 1. The van der Waals surface area contributed by atoms with Gasteiger partial charge in [0.1, 0.15) is 12.0 Å². The predicted molar refractivity (Wildman–Crippen MR) is 137 cm³/mol. The number of amides is 2. The summed E-state index contributed by atoms with van der Waals surface area (Å²) < 4.78 is 16.4. The van der Waals surface area contributed by atoms with Gasteiger partial charge in [-0.05, 0) is 44.7 Å². The first-order chi connectivity index (χ1) is 18.3. The van der Waals surface area contributed by atoms with Crippen molar-refractivity contribution >= 4 is 41.7 Å². The molecule has 12 heteroatoms. The molecule has 2 amide bonds. The van der Waals surface area contributed by atoms with E-state index in [-0.39, 0.29) is 23.6 Å². The molecule has 0 aromatic heterocycles. The molecule has 2 rings (SSSR count). The van der Waals surface area contributed by atoms with Crippen LogP contribution in [-0.2, 0) is 38.2 Å². The molecular formula is C27H36N2O10. The van der Waals surface area contributed by atoms with Crippen molar-refractivity contribution in [3.63, 3.8) is 0 Å². The van der Waals surface area contributed by atoms with E-state index < -0.39 is 71.5 Å². The fraction of sp³-hybridized carbons (Fsp3) is 0.556. The van der Waals surface area contributed by atoms with E-state index in [1.807, 2.05) is 13.8 Å². The Kier molecular flexibility index (Phi) is 11.0. The second-order valence-electron chi connectivity index (χ2n) is 9.98. The van der Waals surface area contributed by atoms with Gasteiger partial charge in [-0.3, -0.25) is 19.2 Å². The molecule has 6 atom stereocenters. The molecule has 0 saturated carbocycles. The standard InChI is InChI=1S/C27H36N2O10/c1-7-14(4)23-27(36)38-19(11-13(2)3)21(31)15(5)25(34)37-16(6)20(26(35)39-23)29-24(33)17-9-8-10-18(22(17)32)28-12-30/h8-10,12-16,19-20,23,32H,7,11H2,1-6H3,(H,28,30)(H,29,33)/t14-,15-,16-,19-,20-,23+/m1/s1. The van der Waals surface area contributed by atoms with Gasteiger partial charge in [0.05, 0.1) is 11.3 Å². The van der Waals surface area contributed by atoms with Crippen molar-refractivity contribution in [3.8, 4) is 5.75 Å². The summed E-state index contributed by atoms with van der Waals surface area (Å²) in [5.41, 5.74) is -0.349. The summed E-state index contributed by atoms with van der Waals surface area (Å²) >= 11 is 0. The highest BCUT2D eigenvalue weighted by Crippen LogP contribution is 2.27. The zero-order valence-corrected chi connectivity index (χ0v) is 22.9. The summed E-state index contributed by atoms with van der Waals surface area (Å²) in [4.78, 5) is 76.3. The summed E-state index contributed by atoms with van der Waals surface area (Å²) in [5, 5.41) is 15.0. The molecule has 0 unspecified atom stereocenters. The Bertz CT molecular complexity index is 1100. The normalized spacial score (nSPS) is 25.4. The zero-order chi connectivity index (χ0) is 29.4. The molecule has 1 fully saturated rings. The second-order valence-corrected chi connectivity index (χ2v) is 9.98. The number of ketones is 1. The number of benzene rings is 1. The first-order valence-electron chi connectivity index (χ1n) is 12.8.